The highest BCUT2D eigenvalue weighted by Gasteiger charge is 1.96. The van der Waals surface area contributed by atoms with E-state index < -0.39 is 0 Å². The first-order valence-corrected chi connectivity index (χ1v) is 9.37. The van der Waals surface area contributed by atoms with Crippen molar-refractivity contribution in [3.05, 3.63) is 65.0 Å². The van der Waals surface area contributed by atoms with E-state index in [-0.39, 0.29) is 0 Å². The maximum atomic E-state index is 4.47. The Morgan fingerprint density at radius 1 is 0.708 bits per heavy atom. The van der Waals surface area contributed by atoms with Crippen molar-refractivity contribution in [3.8, 4) is 11.8 Å². The van der Waals surface area contributed by atoms with E-state index in [2.05, 4.69) is 61.0 Å². The number of pyridine rings is 1. The summed E-state index contributed by atoms with van der Waals surface area (Å²) in [6, 6.07) is 12.8. The molecule has 0 aliphatic rings. The first-order valence-electron chi connectivity index (χ1n) is 9.37. The Hall–Kier alpha value is -2.07. The van der Waals surface area contributed by atoms with Crippen LogP contribution in [0.4, 0.5) is 0 Å². The zero-order chi connectivity index (χ0) is 17.0. The molecular formula is C23H29N. The van der Waals surface area contributed by atoms with E-state index in [4.69, 9.17) is 0 Å². The SMILES string of the molecule is CCCCCc1ccc(C#Cc2ccc(CCCCC)cn2)cc1. The summed E-state index contributed by atoms with van der Waals surface area (Å²) in [6.07, 6.45) is 11.9. The fourth-order valence-corrected chi connectivity index (χ4v) is 2.70. The Balaban J connectivity index is 1.89. The third-order valence-electron chi connectivity index (χ3n) is 4.25. The van der Waals surface area contributed by atoms with Crippen LogP contribution in [-0.2, 0) is 12.8 Å². The Labute approximate surface area is 147 Å². The second-order valence-corrected chi connectivity index (χ2v) is 6.41. The summed E-state index contributed by atoms with van der Waals surface area (Å²) in [5, 5.41) is 0. The molecule has 0 spiro atoms. The number of rotatable bonds is 8. The molecule has 1 nitrogen and oxygen atoms in total. The molecule has 1 aromatic heterocycles. The van der Waals surface area contributed by atoms with Crippen LogP contribution >= 0.6 is 0 Å². The summed E-state index contributed by atoms with van der Waals surface area (Å²) in [5.41, 5.74) is 4.62. The molecule has 2 aromatic rings. The van der Waals surface area contributed by atoms with Gasteiger partial charge in [-0.2, -0.15) is 0 Å². The number of nitrogens with zero attached hydrogens (tertiary/aromatic N) is 1. The summed E-state index contributed by atoms with van der Waals surface area (Å²) < 4.78 is 0. The molecule has 2 rings (SSSR count). The third kappa shape index (κ3) is 6.59. The van der Waals surface area contributed by atoms with Gasteiger partial charge < -0.3 is 0 Å². The number of aryl methyl sites for hydroxylation is 2. The Bertz CT molecular complexity index is 584. The van der Waals surface area contributed by atoms with E-state index in [1.54, 1.807) is 0 Å². The van der Waals surface area contributed by atoms with Crippen LogP contribution in [0.1, 0.15) is 74.8 Å². The van der Waals surface area contributed by atoms with E-state index in [0.29, 0.717) is 0 Å². The molecule has 24 heavy (non-hydrogen) atoms. The summed E-state index contributed by atoms with van der Waals surface area (Å²) in [5.74, 6) is 6.38. The number of hydrogen-bond donors (Lipinski definition) is 0. The highest BCUT2D eigenvalue weighted by molar-refractivity contribution is 5.41. The number of unbranched alkanes of at least 4 members (excludes halogenated alkanes) is 4. The minimum Gasteiger partial charge on any atom is -0.248 e. The maximum Gasteiger partial charge on any atom is 0.113 e. The van der Waals surface area contributed by atoms with Gasteiger partial charge in [0, 0.05) is 11.8 Å². The first kappa shape index (κ1) is 18.3. The Kier molecular flexibility index (Phi) is 8.11. The van der Waals surface area contributed by atoms with Gasteiger partial charge in [0.25, 0.3) is 0 Å². The first-order chi connectivity index (χ1) is 11.8. The molecule has 1 heteroatoms. The van der Waals surface area contributed by atoms with Gasteiger partial charge in [-0.25, -0.2) is 4.98 Å². The quantitative estimate of drug-likeness (QED) is 0.433. The highest BCUT2D eigenvalue weighted by Crippen LogP contribution is 2.09. The van der Waals surface area contributed by atoms with Gasteiger partial charge in [-0.1, -0.05) is 63.7 Å². The monoisotopic (exact) mass is 319 g/mol. The number of hydrogen-bond acceptors (Lipinski definition) is 1. The summed E-state index contributed by atoms with van der Waals surface area (Å²) in [7, 11) is 0. The predicted octanol–water partition coefficient (Wildman–Crippen LogP) is 5.95. The van der Waals surface area contributed by atoms with Crippen molar-refractivity contribution < 1.29 is 0 Å². The lowest BCUT2D eigenvalue weighted by atomic mass is 10.1. The van der Waals surface area contributed by atoms with Crippen molar-refractivity contribution in [2.75, 3.05) is 0 Å². The van der Waals surface area contributed by atoms with Crippen LogP contribution in [-0.4, -0.2) is 4.98 Å². The topological polar surface area (TPSA) is 12.9 Å². The standard InChI is InChI=1S/C23H29N/c1-3-5-7-9-20-11-13-21(14-12-20)15-17-23-18-16-22(19-24-23)10-8-6-4-2/h11-14,16,18-19H,3-10H2,1-2H3. The van der Waals surface area contributed by atoms with Crippen molar-refractivity contribution in [2.24, 2.45) is 0 Å². The normalized spacial score (nSPS) is 10.2. The zero-order valence-electron chi connectivity index (χ0n) is 15.1. The van der Waals surface area contributed by atoms with Gasteiger partial charge in [0.2, 0.25) is 0 Å². The molecule has 0 amide bonds. The zero-order valence-corrected chi connectivity index (χ0v) is 15.1. The van der Waals surface area contributed by atoms with Crippen LogP contribution in [0.25, 0.3) is 0 Å². The van der Waals surface area contributed by atoms with Gasteiger partial charge in [0.1, 0.15) is 5.69 Å². The third-order valence-corrected chi connectivity index (χ3v) is 4.25. The van der Waals surface area contributed by atoms with Crippen molar-refractivity contribution in [3.63, 3.8) is 0 Å². The molecule has 1 heterocycles. The van der Waals surface area contributed by atoms with E-state index >= 15 is 0 Å². The summed E-state index contributed by atoms with van der Waals surface area (Å²) in [4.78, 5) is 4.47. The molecule has 0 saturated carbocycles. The van der Waals surface area contributed by atoms with Gasteiger partial charge in [-0.05, 0) is 60.9 Å². The van der Waals surface area contributed by atoms with E-state index in [1.807, 2.05) is 12.3 Å². The van der Waals surface area contributed by atoms with E-state index in [9.17, 15) is 0 Å². The van der Waals surface area contributed by atoms with Gasteiger partial charge in [-0.3, -0.25) is 0 Å². The number of benzene rings is 1. The second kappa shape index (κ2) is 10.7. The average Bonchev–Trinajstić information content (AvgIpc) is 2.63. The predicted molar refractivity (Wildman–Crippen MR) is 103 cm³/mol. The van der Waals surface area contributed by atoms with Gasteiger partial charge in [0.05, 0.1) is 0 Å². The lowest BCUT2D eigenvalue weighted by molar-refractivity contribution is 0.716. The molecule has 0 unspecified atom stereocenters. The molecular weight excluding hydrogens is 290 g/mol. The average molecular weight is 319 g/mol. The van der Waals surface area contributed by atoms with E-state index in [0.717, 1.165) is 17.7 Å². The highest BCUT2D eigenvalue weighted by atomic mass is 14.7. The summed E-state index contributed by atoms with van der Waals surface area (Å²) in [6.45, 7) is 4.47. The van der Waals surface area contributed by atoms with Crippen molar-refractivity contribution >= 4 is 0 Å². The molecule has 0 bridgehead atoms. The van der Waals surface area contributed by atoms with E-state index in [1.165, 1.54) is 56.1 Å². The van der Waals surface area contributed by atoms with Gasteiger partial charge in [-0.15, -0.1) is 0 Å². The minimum atomic E-state index is 0.848. The van der Waals surface area contributed by atoms with Gasteiger partial charge >= 0.3 is 0 Å². The van der Waals surface area contributed by atoms with Crippen molar-refractivity contribution in [2.45, 2.75) is 65.2 Å². The smallest absolute Gasteiger partial charge is 0.113 e. The van der Waals surface area contributed by atoms with Crippen molar-refractivity contribution in [1.29, 1.82) is 0 Å². The minimum absolute atomic E-state index is 0.848. The van der Waals surface area contributed by atoms with Crippen LogP contribution in [0.15, 0.2) is 42.6 Å². The molecule has 0 fully saturated rings. The fraction of sp³-hybridized carbons (Fsp3) is 0.435. The largest absolute Gasteiger partial charge is 0.248 e. The number of aromatic nitrogens is 1. The molecule has 0 atom stereocenters. The fourth-order valence-electron chi connectivity index (χ4n) is 2.70. The molecule has 1 aromatic carbocycles. The molecule has 0 saturated heterocycles. The van der Waals surface area contributed by atoms with Crippen LogP contribution in [0.5, 0.6) is 0 Å². The molecule has 0 radical (unpaired) electrons. The lowest BCUT2D eigenvalue weighted by Gasteiger charge is -2.00. The molecule has 126 valence electrons. The van der Waals surface area contributed by atoms with Gasteiger partial charge in [0.15, 0.2) is 0 Å². The van der Waals surface area contributed by atoms with Crippen LogP contribution in [0.3, 0.4) is 0 Å². The van der Waals surface area contributed by atoms with Crippen LogP contribution in [0.2, 0.25) is 0 Å². The summed E-state index contributed by atoms with van der Waals surface area (Å²) >= 11 is 0. The Morgan fingerprint density at radius 2 is 1.33 bits per heavy atom. The van der Waals surface area contributed by atoms with Crippen molar-refractivity contribution in [1.82, 2.24) is 4.98 Å². The lowest BCUT2D eigenvalue weighted by Crippen LogP contribution is -1.89. The molecule has 0 aliphatic heterocycles. The van der Waals surface area contributed by atoms with Crippen LogP contribution < -0.4 is 0 Å². The maximum absolute atomic E-state index is 4.47. The Morgan fingerprint density at radius 3 is 1.92 bits per heavy atom. The molecule has 0 N–H and O–H groups in total. The van der Waals surface area contributed by atoms with Crippen LogP contribution in [0, 0.1) is 11.8 Å². The molecule has 0 aliphatic carbocycles. The second-order valence-electron chi connectivity index (χ2n) is 6.41.